The molecule has 1 atom stereocenters. The maximum absolute atomic E-state index is 12.3. The molecule has 0 N–H and O–H groups in total. The standard InChI is InChI=1S/C22H24N4O2/c1-25(2)22(27)16-4-3-13-26(15-16)17-5-7-18(8-6-17)28-21-10-12-24-20-9-11-23-14-19(20)21/h5-12,14,16H,3-4,13,15H2,1-2H3/t16-/m0/s1. The quantitative estimate of drug-likeness (QED) is 0.694. The van der Waals surface area contributed by atoms with Crippen molar-refractivity contribution in [2.45, 2.75) is 12.8 Å². The van der Waals surface area contributed by atoms with Gasteiger partial charge in [-0.05, 0) is 49.2 Å². The van der Waals surface area contributed by atoms with Crippen molar-refractivity contribution in [3.63, 3.8) is 0 Å². The summed E-state index contributed by atoms with van der Waals surface area (Å²) in [5.41, 5.74) is 1.97. The monoisotopic (exact) mass is 376 g/mol. The van der Waals surface area contributed by atoms with Crippen LogP contribution in [0.25, 0.3) is 10.9 Å². The van der Waals surface area contributed by atoms with Crippen molar-refractivity contribution in [1.29, 1.82) is 0 Å². The van der Waals surface area contributed by atoms with E-state index in [-0.39, 0.29) is 11.8 Å². The highest BCUT2D eigenvalue weighted by molar-refractivity contribution is 5.84. The van der Waals surface area contributed by atoms with E-state index in [0.29, 0.717) is 0 Å². The molecule has 1 aliphatic rings. The Morgan fingerprint density at radius 1 is 1.14 bits per heavy atom. The Bertz CT molecular complexity index is 966. The Labute approximate surface area is 164 Å². The maximum atomic E-state index is 12.3. The summed E-state index contributed by atoms with van der Waals surface area (Å²) in [6, 6.07) is 11.8. The van der Waals surface area contributed by atoms with Gasteiger partial charge in [0.05, 0.1) is 16.8 Å². The summed E-state index contributed by atoms with van der Waals surface area (Å²) in [4.78, 5) is 24.8. The SMILES string of the molecule is CN(C)C(=O)[C@H]1CCCN(c2ccc(Oc3ccnc4ccncc34)cc2)C1. The van der Waals surface area contributed by atoms with Crippen LogP contribution < -0.4 is 9.64 Å². The average Bonchev–Trinajstić information content (AvgIpc) is 2.74. The van der Waals surface area contributed by atoms with E-state index < -0.39 is 0 Å². The molecular weight excluding hydrogens is 352 g/mol. The molecule has 1 aromatic carbocycles. The van der Waals surface area contributed by atoms with Gasteiger partial charge in [-0.3, -0.25) is 14.8 Å². The molecule has 6 nitrogen and oxygen atoms in total. The van der Waals surface area contributed by atoms with Crippen molar-refractivity contribution in [2.75, 3.05) is 32.1 Å². The van der Waals surface area contributed by atoms with E-state index in [0.717, 1.165) is 54.0 Å². The predicted molar refractivity (Wildman–Crippen MR) is 110 cm³/mol. The summed E-state index contributed by atoms with van der Waals surface area (Å²) < 4.78 is 6.07. The normalized spacial score (nSPS) is 16.8. The lowest BCUT2D eigenvalue weighted by Gasteiger charge is -2.34. The Morgan fingerprint density at radius 3 is 2.75 bits per heavy atom. The third kappa shape index (κ3) is 3.76. The van der Waals surface area contributed by atoms with Gasteiger partial charge in [0, 0.05) is 51.5 Å². The second kappa shape index (κ2) is 7.84. The van der Waals surface area contributed by atoms with Crippen LogP contribution in [-0.2, 0) is 4.79 Å². The van der Waals surface area contributed by atoms with Crippen molar-refractivity contribution in [3.05, 3.63) is 55.0 Å². The fourth-order valence-electron chi connectivity index (χ4n) is 3.68. The smallest absolute Gasteiger partial charge is 0.226 e. The van der Waals surface area contributed by atoms with E-state index in [9.17, 15) is 4.79 Å². The van der Waals surface area contributed by atoms with Crippen LogP contribution in [0.15, 0.2) is 55.0 Å². The minimum Gasteiger partial charge on any atom is -0.457 e. The number of fused-ring (bicyclic) bond motifs is 1. The lowest BCUT2D eigenvalue weighted by molar-refractivity contribution is -0.133. The van der Waals surface area contributed by atoms with Gasteiger partial charge in [-0.25, -0.2) is 0 Å². The van der Waals surface area contributed by atoms with Gasteiger partial charge >= 0.3 is 0 Å². The molecule has 0 bridgehead atoms. The predicted octanol–water partition coefficient (Wildman–Crippen LogP) is 3.73. The highest BCUT2D eigenvalue weighted by Crippen LogP contribution is 2.30. The Balaban J connectivity index is 1.49. The number of carbonyl (C=O) groups is 1. The van der Waals surface area contributed by atoms with Gasteiger partial charge in [0.25, 0.3) is 0 Å². The molecule has 0 unspecified atom stereocenters. The van der Waals surface area contributed by atoms with Gasteiger partial charge in [0.15, 0.2) is 0 Å². The molecule has 1 fully saturated rings. The first-order chi connectivity index (χ1) is 13.6. The Morgan fingerprint density at radius 2 is 1.96 bits per heavy atom. The fourth-order valence-corrected chi connectivity index (χ4v) is 3.68. The molecule has 0 spiro atoms. The number of pyridine rings is 2. The van der Waals surface area contributed by atoms with E-state index in [1.165, 1.54) is 0 Å². The van der Waals surface area contributed by atoms with Gasteiger partial charge in [-0.1, -0.05) is 0 Å². The zero-order valence-corrected chi connectivity index (χ0v) is 16.2. The second-order valence-corrected chi connectivity index (χ2v) is 7.32. The van der Waals surface area contributed by atoms with Crippen molar-refractivity contribution >= 4 is 22.5 Å². The maximum Gasteiger partial charge on any atom is 0.226 e. The number of benzene rings is 1. The van der Waals surface area contributed by atoms with Gasteiger partial charge < -0.3 is 14.5 Å². The highest BCUT2D eigenvalue weighted by Gasteiger charge is 2.27. The van der Waals surface area contributed by atoms with Gasteiger partial charge in [0.1, 0.15) is 11.5 Å². The summed E-state index contributed by atoms with van der Waals surface area (Å²) in [5.74, 6) is 1.77. The highest BCUT2D eigenvalue weighted by atomic mass is 16.5. The summed E-state index contributed by atoms with van der Waals surface area (Å²) in [7, 11) is 3.65. The van der Waals surface area contributed by atoms with Gasteiger partial charge in [0.2, 0.25) is 5.91 Å². The molecule has 28 heavy (non-hydrogen) atoms. The molecule has 3 aromatic rings. The Kier molecular flexibility index (Phi) is 5.10. The number of nitrogens with zero attached hydrogens (tertiary/aromatic N) is 4. The minimum absolute atomic E-state index is 0.0651. The first-order valence-electron chi connectivity index (χ1n) is 9.54. The first-order valence-corrected chi connectivity index (χ1v) is 9.54. The fraction of sp³-hybridized carbons (Fsp3) is 0.318. The van der Waals surface area contributed by atoms with Crippen LogP contribution >= 0.6 is 0 Å². The molecule has 3 heterocycles. The zero-order chi connectivity index (χ0) is 19.5. The number of amides is 1. The Hall–Kier alpha value is -3.15. The van der Waals surface area contributed by atoms with Gasteiger partial charge in [-0.15, -0.1) is 0 Å². The van der Waals surface area contributed by atoms with E-state index in [2.05, 4.69) is 27.0 Å². The number of carbonyl (C=O) groups excluding carboxylic acids is 1. The molecule has 1 saturated heterocycles. The number of aromatic nitrogens is 2. The van der Waals surface area contributed by atoms with Crippen LogP contribution in [0.1, 0.15) is 12.8 Å². The lowest BCUT2D eigenvalue weighted by atomic mass is 9.96. The third-order valence-electron chi connectivity index (χ3n) is 5.14. The van der Waals surface area contributed by atoms with Crippen LogP contribution in [0.5, 0.6) is 11.5 Å². The van der Waals surface area contributed by atoms with E-state index in [4.69, 9.17) is 4.74 Å². The average molecular weight is 376 g/mol. The zero-order valence-electron chi connectivity index (χ0n) is 16.2. The molecule has 1 aliphatic heterocycles. The van der Waals surface area contributed by atoms with Crippen molar-refractivity contribution in [1.82, 2.24) is 14.9 Å². The van der Waals surface area contributed by atoms with E-state index in [1.54, 1.807) is 23.5 Å². The second-order valence-electron chi connectivity index (χ2n) is 7.32. The lowest BCUT2D eigenvalue weighted by Crippen LogP contribution is -2.42. The van der Waals surface area contributed by atoms with E-state index >= 15 is 0 Å². The topological polar surface area (TPSA) is 58.6 Å². The number of rotatable bonds is 4. The first kappa shape index (κ1) is 18.2. The largest absolute Gasteiger partial charge is 0.457 e. The molecule has 0 aliphatic carbocycles. The third-order valence-corrected chi connectivity index (χ3v) is 5.14. The summed E-state index contributed by atoms with van der Waals surface area (Å²) in [6.07, 6.45) is 7.21. The molecule has 6 heteroatoms. The van der Waals surface area contributed by atoms with E-state index in [1.807, 2.05) is 38.4 Å². The minimum atomic E-state index is 0.0651. The van der Waals surface area contributed by atoms with Crippen LogP contribution in [0.2, 0.25) is 0 Å². The number of hydrogen-bond acceptors (Lipinski definition) is 5. The summed E-state index contributed by atoms with van der Waals surface area (Å²) >= 11 is 0. The number of piperidine rings is 1. The molecule has 4 rings (SSSR count). The molecule has 1 amide bonds. The van der Waals surface area contributed by atoms with Crippen molar-refractivity contribution in [3.8, 4) is 11.5 Å². The van der Waals surface area contributed by atoms with Gasteiger partial charge in [-0.2, -0.15) is 0 Å². The molecular formula is C22H24N4O2. The van der Waals surface area contributed by atoms with Crippen LogP contribution in [0.3, 0.4) is 0 Å². The molecule has 0 saturated carbocycles. The van der Waals surface area contributed by atoms with Crippen LogP contribution in [0.4, 0.5) is 5.69 Å². The van der Waals surface area contributed by atoms with Crippen LogP contribution in [-0.4, -0.2) is 48.0 Å². The van der Waals surface area contributed by atoms with Crippen molar-refractivity contribution in [2.24, 2.45) is 5.92 Å². The number of hydrogen-bond donors (Lipinski definition) is 0. The molecule has 2 aromatic heterocycles. The molecule has 0 radical (unpaired) electrons. The summed E-state index contributed by atoms with van der Waals surface area (Å²) in [5, 5.41) is 0.884. The molecule has 144 valence electrons. The van der Waals surface area contributed by atoms with Crippen LogP contribution in [0, 0.1) is 5.92 Å². The van der Waals surface area contributed by atoms with Crippen molar-refractivity contribution < 1.29 is 9.53 Å². The number of anilines is 1. The summed E-state index contributed by atoms with van der Waals surface area (Å²) in [6.45, 7) is 1.73. The number of ether oxygens (including phenoxy) is 1.